The van der Waals surface area contributed by atoms with E-state index < -0.39 is 100 Å². The van der Waals surface area contributed by atoms with Crippen LogP contribution in [0.1, 0.15) is 74.0 Å². The Hall–Kier alpha value is -5.17. The predicted molar refractivity (Wildman–Crippen MR) is 183 cm³/mol. The van der Waals surface area contributed by atoms with Gasteiger partial charge in [-0.25, -0.2) is 9.59 Å². The number of carbonyl (C=O) groups is 4. The van der Waals surface area contributed by atoms with Gasteiger partial charge in [-0.1, -0.05) is 60.7 Å². The van der Waals surface area contributed by atoms with Crippen LogP contribution in [0.25, 0.3) is 0 Å². The number of fused-ring (bicyclic) bond motifs is 2. The number of ether oxygens (including phenoxy) is 3. The van der Waals surface area contributed by atoms with Gasteiger partial charge in [-0.3, -0.25) is 14.5 Å². The van der Waals surface area contributed by atoms with Crippen molar-refractivity contribution in [3.8, 4) is 0 Å². The average Bonchev–Trinajstić information content (AvgIpc) is 3.32. The summed E-state index contributed by atoms with van der Waals surface area (Å²) >= 11 is 0. The van der Waals surface area contributed by atoms with Gasteiger partial charge >= 0.3 is 42.4 Å². The normalized spacial score (nSPS) is 22.9. The molecule has 58 heavy (non-hydrogen) atoms. The summed E-state index contributed by atoms with van der Waals surface area (Å²) in [6, 6.07) is 17.0. The monoisotopic (exact) mass is 835 g/mol. The van der Waals surface area contributed by atoms with E-state index in [1.807, 2.05) is 0 Å². The molecule has 0 aliphatic carbocycles. The summed E-state index contributed by atoms with van der Waals surface area (Å²) in [6.45, 7) is 4.83. The third-order valence-corrected chi connectivity index (χ3v) is 9.73. The van der Waals surface area contributed by atoms with Gasteiger partial charge in [0.25, 0.3) is 0 Å². The maximum absolute atomic E-state index is 14.1. The molecule has 2 N–H and O–H groups in total. The van der Waals surface area contributed by atoms with E-state index in [0.29, 0.717) is 23.3 Å². The van der Waals surface area contributed by atoms with Crippen LogP contribution in [-0.4, -0.2) is 70.0 Å². The van der Waals surface area contributed by atoms with Gasteiger partial charge in [0.15, 0.2) is 11.5 Å². The highest BCUT2D eigenvalue weighted by molar-refractivity contribution is 6.01. The molecule has 0 aromatic heterocycles. The summed E-state index contributed by atoms with van der Waals surface area (Å²) in [6.07, 6.45) is -19.4. The largest absolute Gasteiger partial charge is 0.490 e. The van der Waals surface area contributed by atoms with Gasteiger partial charge in [0.05, 0.1) is 29.9 Å². The van der Waals surface area contributed by atoms with E-state index in [-0.39, 0.29) is 25.5 Å². The van der Waals surface area contributed by atoms with Gasteiger partial charge in [0.1, 0.15) is 5.60 Å². The first kappa shape index (κ1) is 45.5. The number of benzene rings is 3. The molecular weight excluding hydrogens is 797 g/mol. The number of carboxylic acids is 2. The highest BCUT2D eigenvalue weighted by Gasteiger charge is 2.72. The highest BCUT2D eigenvalue weighted by Crippen LogP contribution is 2.61. The molecule has 0 saturated carbocycles. The summed E-state index contributed by atoms with van der Waals surface area (Å²) < 4.78 is 132. The predicted octanol–water partition coefficient (Wildman–Crippen LogP) is 8.33. The lowest BCUT2D eigenvalue weighted by Crippen LogP contribution is -2.58. The molecule has 3 aromatic rings. The number of halogens is 9. The maximum Gasteiger partial charge on any atom is 0.490 e. The van der Waals surface area contributed by atoms with Gasteiger partial charge in [-0.15, -0.1) is 0 Å². The lowest BCUT2D eigenvalue weighted by Gasteiger charge is -2.50. The van der Waals surface area contributed by atoms with Crippen LogP contribution in [0.15, 0.2) is 78.9 Å². The minimum Gasteiger partial charge on any atom is -0.480 e. The van der Waals surface area contributed by atoms with Gasteiger partial charge in [0, 0.05) is 19.0 Å². The number of hydrogen-bond acceptors (Lipinski definition) is 8. The van der Waals surface area contributed by atoms with Crippen molar-refractivity contribution in [3.63, 3.8) is 0 Å². The second-order valence-corrected chi connectivity index (χ2v) is 14.6. The van der Waals surface area contributed by atoms with E-state index in [9.17, 15) is 59.0 Å². The van der Waals surface area contributed by atoms with E-state index in [1.165, 1.54) is 0 Å². The second-order valence-electron chi connectivity index (χ2n) is 14.6. The van der Waals surface area contributed by atoms with Crippen molar-refractivity contribution in [2.24, 2.45) is 5.41 Å². The molecule has 2 saturated heterocycles. The molecule has 5 rings (SSSR count). The third-order valence-electron chi connectivity index (χ3n) is 9.73. The lowest BCUT2D eigenvalue weighted by molar-refractivity contribution is -0.192. The molecular formula is C39H38F9NO9. The first-order valence-corrected chi connectivity index (χ1v) is 17.3. The molecule has 5 unspecified atom stereocenters. The van der Waals surface area contributed by atoms with Crippen molar-refractivity contribution in [2.75, 3.05) is 7.11 Å². The number of methoxy groups -OCH3 is 1. The summed E-state index contributed by atoms with van der Waals surface area (Å²) in [7, 11) is 0.913. The summed E-state index contributed by atoms with van der Waals surface area (Å²) in [5.74, 6) is -6.53. The zero-order valence-corrected chi connectivity index (χ0v) is 31.2. The molecule has 0 spiro atoms. The van der Waals surface area contributed by atoms with Crippen molar-refractivity contribution < 1.29 is 83.1 Å². The number of aliphatic carboxylic acids is 2. The number of nitrogens with zero attached hydrogens (tertiary/aromatic N) is 1. The number of carboxylic acid groups (broad SMARTS) is 2. The van der Waals surface area contributed by atoms with Crippen LogP contribution in [-0.2, 0) is 57.8 Å². The Morgan fingerprint density at radius 3 is 1.72 bits per heavy atom. The zero-order chi connectivity index (χ0) is 43.6. The van der Waals surface area contributed by atoms with Crippen LogP contribution in [0.5, 0.6) is 0 Å². The van der Waals surface area contributed by atoms with Crippen molar-refractivity contribution in [1.29, 1.82) is 0 Å². The molecule has 316 valence electrons. The lowest BCUT2D eigenvalue weighted by atomic mass is 9.74. The number of carbonyl (C=O) groups excluding carboxylic acids is 2. The molecule has 2 bridgehead atoms. The van der Waals surface area contributed by atoms with Gasteiger partial charge in [0.2, 0.25) is 0 Å². The Balaban J connectivity index is 0.000000973. The van der Waals surface area contributed by atoms with Crippen molar-refractivity contribution in [2.45, 2.75) is 94.5 Å². The first-order chi connectivity index (χ1) is 26.7. The minimum atomic E-state index is -5.22. The van der Waals surface area contributed by atoms with E-state index in [0.717, 1.165) is 7.11 Å². The number of rotatable bonds is 9. The number of piperidine rings is 1. The molecule has 2 heterocycles. The minimum absolute atomic E-state index is 0.0259. The molecule has 2 fully saturated rings. The second kappa shape index (κ2) is 16.6. The zero-order valence-electron chi connectivity index (χ0n) is 31.2. The van der Waals surface area contributed by atoms with Crippen LogP contribution in [0, 0.1) is 5.41 Å². The molecule has 5 atom stereocenters. The fourth-order valence-electron chi connectivity index (χ4n) is 7.38. The topological polar surface area (TPSA) is 140 Å². The smallest absolute Gasteiger partial charge is 0.480 e. The summed E-state index contributed by atoms with van der Waals surface area (Å²) in [4.78, 5) is 51.6. The van der Waals surface area contributed by atoms with Crippen LogP contribution >= 0.6 is 0 Å². The van der Waals surface area contributed by atoms with E-state index in [2.05, 4.69) is 0 Å². The van der Waals surface area contributed by atoms with Gasteiger partial charge in [-0.2, -0.15) is 39.5 Å². The van der Waals surface area contributed by atoms with E-state index in [4.69, 9.17) is 24.1 Å². The average molecular weight is 836 g/mol. The fraction of sp³-hybridized carbons (Fsp3) is 0.436. The Morgan fingerprint density at radius 1 is 0.793 bits per heavy atom. The van der Waals surface area contributed by atoms with Crippen molar-refractivity contribution in [1.82, 2.24) is 4.90 Å². The number of esters is 2. The SMILES string of the molecule is COC(=O)C(OC1CCC2N(Cc3ccccc3)C1(c1ccccc1)CC2(C(=O)O)C(=O)OC(C)(C)C)c1cc(C(F)(F)F)cc(C(F)(F)F)c1.O=C(O)C(F)(F)F. The van der Waals surface area contributed by atoms with Gasteiger partial charge in [-0.05, 0) is 68.5 Å². The molecule has 19 heteroatoms. The Bertz CT molecular complexity index is 1930. The molecule has 2 aliphatic heterocycles. The van der Waals surface area contributed by atoms with E-state index >= 15 is 0 Å². The quantitative estimate of drug-likeness (QED) is 0.123. The molecule has 2 aliphatic rings. The van der Waals surface area contributed by atoms with Crippen LogP contribution in [0.2, 0.25) is 0 Å². The van der Waals surface area contributed by atoms with Crippen molar-refractivity contribution >= 4 is 23.9 Å². The first-order valence-electron chi connectivity index (χ1n) is 17.3. The highest BCUT2D eigenvalue weighted by atomic mass is 19.4. The van der Waals surface area contributed by atoms with Crippen molar-refractivity contribution in [3.05, 3.63) is 107 Å². The fourth-order valence-corrected chi connectivity index (χ4v) is 7.38. The third kappa shape index (κ3) is 9.57. The van der Waals surface area contributed by atoms with E-state index in [1.54, 1.807) is 86.3 Å². The van der Waals surface area contributed by atoms with Crippen LogP contribution in [0.4, 0.5) is 39.5 Å². The molecule has 10 nitrogen and oxygen atoms in total. The standard InChI is InChI=1S/C37H37F6NO7.C2HF3O2/c1-33(2,3)51-32(48)34(31(46)47)21-35(24-13-9-6-10-14-24)28(16-15-27(34)44(35)20-22-11-7-5-8-12-22)50-29(30(45)49-4)23-17-25(36(38,39)40)19-26(18-23)37(41,42)43;3-2(4,5)1(6)7/h5-14,17-19,27-29H,15-16,20-21H2,1-4H3,(H,46,47);(H,6,7). The van der Waals surface area contributed by atoms with Gasteiger partial charge < -0.3 is 24.4 Å². The summed E-state index contributed by atoms with van der Waals surface area (Å²) in [5, 5.41) is 18.1. The maximum atomic E-state index is 14.1. The Labute approximate surface area is 325 Å². The summed E-state index contributed by atoms with van der Waals surface area (Å²) in [5.41, 5.74) is -7.78. The Kier molecular flexibility index (Phi) is 13.0. The molecule has 3 aromatic carbocycles. The number of hydrogen-bond donors (Lipinski definition) is 2. The molecule has 0 radical (unpaired) electrons. The Morgan fingerprint density at radius 2 is 1.29 bits per heavy atom. The molecule has 0 amide bonds. The van der Waals surface area contributed by atoms with Crippen LogP contribution in [0.3, 0.4) is 0 Å². The number of alkyl halides is 9. The van der Waals surface area contributed by atoms with Crippen LogP contribution < -0.4 is 0 Å².